The lowest BCUT2D eigenvalue weighted by Gasteiger charge is -2.19. The number of ether oxygens (including phenoxy) is 1. The van der Waals surface area contributed by atoms with Crippen LogP contribution in [0.5, 0.6) is 0 Å². The summed E-state index contributed by atoms with van der Waals surface area (Å²) in [4.78, 5) is 2.18. The number of fused-ring (bicyclic) bond motifs is 1. The van der Waals surface area contributed by atoms with E-state index in [9.17, 15) is 10.2 Å². The fourth-order valence-corrected chi connectivity index (χ4v) is 4.35. The van der Waals surface area contributed by atoms with Crippen molar-refractivity contribution in [1.82, 2.24) is 4.90 Å². The van der Waals surface area contributed by atoms with E-state index in [0.717, 1.165) is 51.9 Å². The molecule has 2 aliphatic rings. The van der Waals surface area contributed by atoms with Crippen molar-refractivity contribution in [3.05, 3.63) is 23.8 Å². The molecule has 1 fully saturated rings. The van der Waals surface area contributed by atoms with Crippen molar-refractivity contribution in [3.63, 3.8) is 0 Å². The quantitative estimate of drug-likeness (QED) is 0.411. The molecule has 0 saturated heterocycles. The van der Waals surface area contributed by atoms with Crippen LogP contribution in [0.4, 0.5) is 0 Å². The molecular formula is C22H39NO3. The van der Waals surface area contributed by atoms with Crippen LogP contribution < -0.4 is 0 Å². The Kier molecular flexibility index (Phi) is 9.34. The number of allylic oxidation sites excluding steroid dienone is 1. The molecule has 0 radical (unpaired) electrons. The minimum atomic E-state index is -0.373. The van der Waals surface area contributed by atoms with E-state index >= 15 is 0 Å². The summed E-state index contributed by atoms with van der Waals surface area (Å²) < 4.78 is 5.83. The molecule has 0 heterocycles. The van der Waals surface area contributed by atoms with Gasteiger partial charge in [-0.2, -0.15) is 0 Å². The number of rotatable bonds is 12. The van der Waals surface area contributed by atoms with E-state index in [1.807, 2.05) is 6.08 Å². The first kappa shape index (κ1) is 21.6. The minimum Gasteiger partial charge on any atom is -0.392 e. The van der Waals surface area contributed by atoms with Gasteiger partial charge in [0.2, 0.25) is 0 Å². The molecule has 4 nitrogen and oxygen atoms in total. The molecular weight excluding hydrogens is 326 g/mol. The minimum absolute atomic E-state index is 0.170. The maximum absolute atomic E-state index is 10.4. The van der Waals surface area contributed by atoms with Gasteiger partial charge in [0.15, 0.2) is 0 Å². The zero-order chi connectivity index (χ0) is 18.9. The molecule has 0 aromatic carbocycles. The van der Waals surface area contributed by atoms with E-state index < -0.39 is 0 Å². The van der Waals surface area contributed by atoms with Gasteiger partial charge >= 0.3 is 0 Å². The van der Waals surface area contributed by atoms with Gasteiger partial charge in [0.1, 0.15) is 0 Å². The summed E-state index contributed by atoms with van der Waals surface area (Å²) in [6, 6.07) is 0. The van der Waals surface area contributed by atoms with Crippen LogP contribution in [0, 0.1) is 17.8 Å². The van der Waals surface area contributed by atoms with E-state index in [2.05, 4.69) is 38.1 Å². The van der Waals surface area contributed by atoms with Gasteiger partial charge in [0.05, 0.1) is 18.8 Å². The van der Waals surface area contributed by atoms with Crippen LogP contribution in [-0.2, 0) is 4.74 Å². The number of nitrogens with zero attached hydrogens (tertiary/aromatic N) is 1. The molecule has 0 unspecified atom stereocenters. The molecule has 2 aliphatic carbocycles. The van der Waals surface area contributed by atoms with Crippen LogP contribution in [0.15, 0.2) is 23.8 Å². The molecule has 1 saturated carbocycles. The van der Waals surface area contributed by atoms with E-state index in [1.165, 1.54) is 18.4 Å². The summed E-state index contributed by atoms with van der Waals surface area (Å²) in [5, 5.41) is 20.5. The molecule has 0 aromatic heterocycles. The Morgan fingerprint density at radius 3 is 2.85 bits per heavy atom. The molecule has 0 spiro atoms. The van der Waals surface area contributed by atoms with Crippen molar-refractivity contribution in [1.29, 1.82) is 0 Å². The van der Waals surface area contributed by atoms with Crippen LogP contribution >= 0.6 is 0 Å². The van der Waals surface area contributed by atoms with Gasteiger partial charge < -0.3 is 19.8 Å². The zero-order valence-corrected chi connectivity index (χ0v) is 16.9. The third-order valence-corrected chi connectivity index (χ3v) is 5.79. The SMILES string of the molecule is CCCCC[C@H](O)C=C[C@@H]1[C@H]2CC(COCCCN(C)C)=C[C@H]2C[C@H]1O. The van der Waals surface area contributed by atoms with Gasteiger partial charge in [-0.25, -0.2) is 0 Å². The lowest BCUT2D eigenvalue weighted by molar-refractivity contribution is 0.132. The van der Waals surface area contributed by atoms with Crippen LogP contribution in [0.25, 0.3) is 0 Å². The summed E-state index contributed by atoms with van der Waals surface area (Å²) in [7, 11) is 4.17. The average Bonchev–Trinajstić information content (AvgIpc) is 3.09. The van der Waals surface area contributed by atoms with Gasteiger partial charge in [0.25, 0.3) is 0 Å². The molecule has 0 aliphatic heterocycles. The van der Waals surface area contributed by atoms with Crippen LogP contribution in [-0.4, -0.2) is 61.2 Å². The lowest BCUT2D eigenvalue weighted by atomic mass is 9.89. The van der Waals surface area contributed by atoms with Crippen molar-refractivity contribution in [2.75, 3.05) is 33.9 Å². The maximum atomic E-state index is 10.4. The summed E-state index contributed by atoms with van der Waals surface area (Å²) in [6.45, 7) is 4.77. The third kappa shape index (κ3) is 6.80. The van der Waals surface area contributed by atoms with Crippen molar-refractivity contribution in [3.8, 4) is 0 Å². The first-order chi connectivity index (χ1) is 12.5. The second-order valence-electron chi connectivity index (χ2n) is 8.39. The van der Waals surface area contributed by atoms with E-state index in [4.69, 9.17) is 4.74 Å². The number of aliphatic hydroxyl groups is 2. The highest BCUT2D eigenvalue weighted by Crippen LogP contribution is 2.47. The number of hydrogen-bond acceptors (Lipinski definition) is 4. The van der Waals surface area contributed by atoms with E-state index in [0.29, 0.717) is 11.8 Å². The third-order valence-electron chi connectivity index (χ3n) is 5.79. The normalized spacial score (nSPS) is 29.5. The van der Waals surface area contributed by atoms with Gasteiger partial charge in [-0.3, -0.25) is 0 Å². The first-order valence-electron chi connectivity index (χ1n) is 10.5. The Morgan fingerprint density at radius 1 is 1.31 bits per heavy atom. The van der Waals surface area contributed by atoms with Crippen molar-refractivity contribution < 1.29 is 14.9 Å². The molecule has 2 N–H and O–H groups in total. The van der Waals surface area contributed by atoms with Crippen molar-refractivity contribution >= 4 is 0 Å². The Bertz CT molecular complexity index is 460. The number of hydrogen-bond donors (Lipinski definition) is 2. The topological polar surface area (TPSA) is 52.9 Å². The lowest BCUT2D eigenvalue weighted by Crippen LogP contribution is -2.18. The van der Waals surface area contributed by atoms with Crippen molar-refractivity contribution in [2.45, 2.75) is 64.1 Å². The molecule has 2 rings (SSSR count). The first-order valence-corrected chi connectivity index (χ1v) is 10.5. The highest BCUT2D eigenvalue weighted by molar-refractivity contribution is 5.21. The number of unbranched alkanes of at least 4 members (excludes halogenated alkanes) is 2. The summed E-state index contributed by atoms with van der Waals surface area (Å²) in [5.41, 5.74) is 1.39. The Balaban J connectivity index is 1.74. The van der Waals surface area contributed by atoms with Gasteiger partial charge in [-0.05, 0) is 63.7 Å². The summed E-state index contributed by atoms with van der Waals surface area (Å²) in [5.74, 6) is 1.12. The van der Waals surface area contributed by atoms with Crippen LogP contribution in [0.3, 0.4) is 0 Å². The second-order valence-corrected chi connectivity index (χ2v) is 8.39. The van der Waals surface area contributed by atoms with E-state index in [1.54, 1.807) is 0 Å². The van der Waals surface area contributed by atoms with Gasteiger partial charge in [-0.15, -0.1) is 0 Å². The zero-order valence-electron chi connectivity index (χ0n) is 16.9. The second kappa shape index (κ2) is 11.2. The standard InChI is InChI=1S/C22H39NO3/c1-4-5-6-8-19(24)9-10-20-21-14-17(13-18(21)15-22(20)25)16-26-12-7-11-23(2)3/h9-10,13,18-22,24-25H,4-8,11-12,14-16H2,1-3H3/t18-,19-,20+,21-,22+/m0/s1. The van der Waals surface area contributed by atoms with Crippen LogP contribution in [0.1, 0.15) is 51.9 Å². The predicted octanol–water partition coefficient (Wildman–Crippen LogP) is 3.40. The fourth-order valence-electron chi connectivity index (χ4n) is 4.35. The Labute approximate surface area is 159 Å². The van der Waals surface area contributed by atoms with E-state index in [-0.39, 0.29) is 18.1 Å². The molecule has 4 heteroatoms. The van der Waals surface area contributed by atoms with Crippen molar-refractivity contribution in [2.24, 2.45) is 17.8 Å². The highest BCUT2D eigenvalue weighted by Gasteiger charge is 2.43. The monoisotopic (exact) mass is 365 g/mol. The summed E-state index contributed by atoms with van der Waals surface area (Å²) in [6.07, 6.45) is 12.9. The van der Waals surface area contributed by atoms with Gasteiger partial charge in [0, 0.05) is 12.5 Å². The molecule has 0 amide bonds. The molecule has 5 atom stereocenters. The Hall–Kier alpha value is -0.680. The van der Waals surface area contributed by atoms with Gasteiger partial charge in [-0.1, -0.05) is 44.4 Å². The Morgan fingerprint density at radius 2 is 2.12 bits per heavy atom. The highest BCUT2D eigenvalue weighted by atomic mass is 16.5. The predicted molar refractivity (Wildman–Crippen MR) is 107 cm³/mol. The largest absolute Gasteiger partial charge is 0.392 e. The average molecular weight is 366 g/mol. The maximum Gasteiger partial charge on any atom is 0.0721 e. The smallest absolute Gasteiger partial charge is 0.0721 e. The number of aliphatic hydroxyl groups excluding tert-OH is 2. The molecule has 26 heavy (non-hydrogen) atoms. The molecule has 150 valence electrons. The molecule has 0 aromatic rings. The van der Waals surface area contributed by atoms with Crippen LogP contribution in [0.2, 0.25) is 0 Å². The fraction of sp³-hybridized carbons (Fsp3) is 0.818. The molecule has 0 bridgehead atoms. The summed E-state index contributed by atoms with van der Waals surface area (Å²) >= 11 is 0.